The molecule has 2 bridgehead atoms. The number of nitrogens with one attached hydrogen (secondary N) is 1. The minimum Gasteiger partial charge on any atom is -0.373 e. The highest BCUT2D eigenvalue weighted by atomic mass is 16.5. The Morgan fingerprint density at radius 3 is 2.33 bits per heavy atom. The van der Waals surface area contributed by atoms with E-state index in [-0.39, 0.29) is 0 Å². The zero-order valence-electron chi connectivity index (χ0n) is 14.2. The lowest BCUT2D eigenvalue weighted by atomic mass is 9.89. The summed E-state index contributed by atoms with van der Waals surface area (Å²) in [5.74, 6) is 2.32. The van der Waals surface area contributed by atoms with Crippen molar-refractivity contribution in [3.8, 4) is 0 Å². The first-order valence-corrected chi connectivity index (χ1v) is 9.30. The second kappa shape index (κ2) is 7.50. The fourth-order valence-electron chi connectivity index (χ4n) is 4.66. The average molecular weight is 321 g/mol. The van der Waals surface area contributed by atoms with Gasteiger partial charge in [-0.25, -0.2) is 0 Å². The van der Waals surface area contributed by atoms with Gasteiger partial charge in [0.1, 0.15) is 0 Å². The summed E-state index contributed by atoms with van der Waals surface area (Å²) in [7, 11) is 0. The van der Waals surface area contributed by atoms with Crippen molar-refractivity contribution in [2.45, 2.75) is 38.5 Å². The van der Waals surface area contributed by atoms with Crippen LogP contribution in [0.3, 0.4) is 0 Å². The third-order valence-corrected chi connectivity index (χ3v) is 5.83. The van der Waals surface area contributed by atoms with Crippen molar-refractivity contribution in [2.24, 2.45) is 17.8 Å². The summed E-state index contributed by atoms with van der Waals surface area (Å²) in [4.78, 5) is 0. The third kappa shape index (κ3) is 3.55. The van der Waals surface area contributed by atoms with E-state index in [1.54, 1.807) is 0 Å². The van der Waals surface area contributed by atoms with Crippen LogP contribution < -0.4 is 5.32 Å². The molecule has 0 heterocycles. The molecule has 1 N–H and O–H groups in total. The van der Waals surface area contributed by atoms with Crippen molar-refractivity contribution in [3.63, 3.8) is 0 Å². The molecule has 2 aliphatic rings. The lowest BCUT2D eigenvalue weighted by molar-refractivity contribution is 0.00716. The van der Waals surface area contributed by atoms with Gasteiger partial charge in [0.25, 0.3) is 0 Å². The van der Waals surface area contributed by atoms with Gasteiger partial charge in [0, 0.05) is 6.54 Å². The average Bonchev–Trinajstić information content (AvgIpc) is 3.18. The number of hydrogen-bond donors (Lipinski definition) is 1. The number of rotatable bonds is 7. The van der Waals surface area contributed by atoms with Gasteiger partial charge in [0.2, 0.25) is 0 Å². The highest BCUT2D eigenvalue weighted by Crippen LogP contribution is 2.50. The maximum atomic E-state index is 6.34. The van der Waals surface area contributed by atoms with Crippen LogP contribution >= 0.6 is 0 Å². The summed E-state index contributed by atoms with van der Waals surface area (Å²) < 4.78 is 6.34. The molecule has 2 fully saturated rings. The number of hydrogen-bond acceptors (Lipinski definition) is 2. The van der Waals surface area contributed by atoms with Crippen molar-refractivity contribution in [1.82, 2.24) is 5.32 Å². The topological polar surface area (TPSA) is 21.3 Å². The normalized spacial score (nSPS) is 28.3. The van der Waals surface area contributed by atoms with Crippen molar-refractivity contribution in [3.05, 3.63) is 71.8 Å². The van der Waals surface area contributed by atoms with Crippen LogP contribution in [0.15, 0.2) is 60.7 Å². The molecule has 0 radical (unpaired) electrons. The number of fused-ring (bicyclic) bond motifs is 2. The molecule has 4 atom stereocenters. The van der Waals surface area contributed by atoms with Crippen LogP contribution in [0.5, 0.6) is 0 Å². The standard InChI is InChI=1S/C22H27NO/c1-3-7-17(8-4-1)14-23-15-20-13-19-11-12-21(20)22(19)24-16-18-9-5-2-6-10-18/h1-10,19-23H,11-16H2/t19-,20-,21+,22-/m1/s1. The largest absolute Gasteiger partial charge is 0.373 e. The Kier molecular flexibility index (Phi) is 4.96. The zero-order valence-corrected chi connectivity index (χ0v) is 14.2. The number of ether oxygens (including phenoxy) is 1. The van der Waals surface area contributed by atoms with Crippen LogP contribution in [-0.2, 0) is 17.9 Å². The Morgan fingerprint density at radius 1 is 0.875 bits per heavy atom. The lowest BCUT2D eigenvalue weighted by Gasteiger charge is -2.22. The molecule has 2 nitrogen and oxygen atoms in total. The second-order valence-electron chi connectivity index (χ2n) is 7.37. The summed E-state index contributed by atoms with van der Waals surface area (Å²) in [5.41, 5.74) is 2.67. The fourth-order valence-corrected chi connectivity index (χ4v) is 4.66. The van der Waals surface area contributed by atoms with Crippen molar-refractivity contribution < 1.29 is 4.74 Å². The predicted octanol–water partition coefficient (Wildman–Crippen LogP) is 4.41. The Morgan fingerprint density at radius 2 is 1.58 bits per heavy atom. The summed E-state index contributed by atoms with van der Waals surface area (Å²) in [5, 5.41) is 3.67. The van der Waals surface area contributed by atoms with Gasteiger partial charge < -0.3 is 10.1 Å². The number of benzene rings is 2. The Hall–Kier alpha value is -1.64. The molecule has 4 rings (SSSR count). The van der Waals surface area contributed by atoms with E-state index >= 15 is 0 Å². The van der Waals surface area contributed by atoms with E-state index in [0.29, 0.717) is 6.10 Å². The Labute approximate surface area is 145 Å². The van der Waals surface area contributed by atoms with Crippen LogP contribution in [0.25, 0.3) is 0 Å². The van der Waals surface area contributed by atoms with Gasteiger partial charge in [-0.2, -0.15) is 0 Å². The molecule has 126 valence electrons. The first-order valence-electron chi connectivity index (χ1n) is 9.30. The monoisotopic (exact) mass is 321 g/mol. The van der Waals surface area contributed by atoms with E-state index in [4.69, 9.17) is 4.74 Å². The molecule has 2 aromatic rings. The van der Waals surface area contributed by atoms with Crippen molar-refractivity contribution >= 4 is 0 Å². The molecule has 0 amide bonds. The van der Waals surface area contributed by atoms with Crippen LogP contribution in [0, 0.1) is 17.8 Å². The van der Waals surface area contributed by atoms with E-state index in [0.717, 1.165) is 37.5 Å². The fraction of sp³-hybridized carbons (Fsp3) is 0.455. The highest BCUT2D eigenvalue weighted by molar-refractivity contribution is 5.15. The first-order chi connectivity index (χ1) is 11.9. The molecule has 2 aliphatic carbocycles. The van der Waals surface area contributed by atoms with Gasteiger partial charge >= 0.3 is 0 Å². The van der Waals surface area contributed by atoms with Gasteiger partial charge in [-0.3, -0.25) is 0 Å². The van der Waals surface area contributed by atoms with E-state index in [2.05, 4.69) is 66.0 Å². The van der Waals surface area contributed by atoms with E-state index in [9.17, 15) is 0 Å². The summed E-state index contributed by atoms with van der Waals surface area (Å²) in [6.45, 7) is 2.87. The van der Waals surface area contributed by atoms with Crippen LogP contribution in [-0.4, -0.2) is 12.6 Å². The first kappa shape index (κ1) is 15.9. The second-order valence-corrected chi connectivity index (χ2v) is 7.37. The van der Waals surface area contributed by atoms with Gasteiger partial charge in [0.15, 0.2) is 0 Å². The molecule has 0 aromatic heterocycles. The Bertz CT molecular complexity index is 627. The van der Waals surface area contributed by atoms with Gasteiger partial charge in [-0.15, -0.1) is 0 Å². The molecular weight excluding hydrogens is 294 g/mol. The summed E-state index contributed by atoms with van der Waals surface area (Å²) >= 11 is 0. The molecule has 0 spiro atoms. The van der Waals surface area contributed by atoms with E-state index < -0.39 is 0 Å². The molecule has 0 unspecified atom stereocenters. The molecule has 2 heteroatoms. The quantitative estimate of drug-likeness (QED) is 0.816. The van der Waals surface area contributed by atoms with Crippen LogP contribution in [0.4, 0.5) is 0 Å². The molecule has 2 saturated carbocycles. The van der Waals surface area contributed by atoms with Gasteiger partial charge in [-0.1, -0.05) is 60.7 Å². The summed E-state index contributed by atoms with van der Waals surface area (Å²) in [6.07, 6.45) is 4.53. The third-order valence-electron chi connectivity index (χ3n) is 5.83. The minimum atomic E-state index is 0.480. The van der Waals surface area contributed by atoms with Crippen molar-refractivity contribution in [2.75, 3.05) is 6.54 Å². The molecular formula is C22H27NO. The predicted molar refractivity (Wildman–Crippen MR) is 97.5 cm³/mol. The van der Waals surface area contributed by atoms with Gasteiger partial charge in [-0.05, 0) is 54.7 Å². The maximum absolute atomic E-state index is 6.34. The smallest absolute Gasteiger partial charge is 0.0720 e. The zero-order chi connectivity index (χ0) is 16.2. The van der Waals surface area contributed by atoms with Crippen LogP contribution in [0.2, 0.25) is 0 Å². The van der Waals surface area contributed by atoms with Crippen molar-refractivity contribution in [1.29, 1.82) is 0 Å². The summed E-state index contributed by atoms with van der Waals surface area (Å²) in [6, 6.07) is 21.3. The Balaban J connectivity index is 1.27. The van der Waals surface area contributed by atoms with E-state index in [1.165, 1.54) is 30.4 Å². The maximum Gasteiger partial charge on any atom is 0.0720 e. The molecule has 0 aliphatic heterocycles. The van der Waals surface area contributed by atoms with Gasteiger partial charge in [0.05, 0.1) is 12.7 Å². The SMILES string of the molecule is c1ccc(CNC[C@H]2C[C@H]3CC[C@@H]2[C@@H]3OCc2ccccc2)cc1. The highest BCUT2D eigenvalue weighted by Gasteiger charge is 2.48. The van der Waals surface area contributed by atoms with E-state index in [1.807, 2.05) is 0 Å². The lowest BCUT2D eigenvalue weighted by Crippen LogP contribution is -2.28. The molecule has 0 saturated heterocycles. The van der Waals surface area contributed by atoms with Crippen LogP contribution in [0.1, 0.15) is 30.4 Å². The minimum absolute atomic E-state index is 0.480. The molecule has 24 heavy (non-hydrogen) atoms. The molecule has 2 aromatic carbocycles.